The quantitative estimate of drug-likeness (QED) is 0.0239. The standard InChI is InChI=1S/C46H46F24O19/c1-24(47)30(71)81-10-7-41(59,60)87-44(65,66)36(14-78-18-38(53,54)21-84-33(74)27(4)50,15-79-19-39(55,56)22-85-34(75)28(5)51)13-77-16-37(17-80-20-40(57,58)23-86-35(76)29(6)52,45(67,68)88-42(61,62)8-11-82-31(72)25(2)48)46(69,70)89-43(63,64)9-12-83-32(73)26(3)49/h1-23H2. The Morgan fingerprint density at radius 2 is 0.472 bits per heavy atom. The summed E-state index contributed by atoms with van der Waals surface area (Å²) < 4.78 is 411. The molecule has 0 heterocycles. The molecule has 512 valence electrons. The van der Waals surface area contributed by atoms with E-state index in [-0.39, 0.29) is 0 Å². The Hall–Kier alpha value is -6.70. The van der Waals surface area contributed by atoms with Crippen LogP contribution in [0.25, 0.3) is 0 Å². The summed E-state index contributed by atoms with van der Waals surface area (Å²) in [6.45, 7) is -23.6. The number of carbonyl (C=O) groups is 6. The van der Waals surface area contributed by atoms with E-state index in [1.807, 2.05) is 0 Å². The topological polar surface area (TPSA) is 222 Å². The van der Waals surface area contributed by atoms with Crippen molar-refractivity contribution in [3.05, 3.63) is 74.4 Å². The lowest BCUT2D eigenvalue weighted by Crippen LogP contribution is -2.65. The van der Waals surface area contributed by atoms with Gasteiger partial charge in [0.25, 0.3) is 0 Å². The Morgan fingerprint density at radius 1 is 0.270 bits per heavy atom. The molecule has 0 amide bonds. The number of rotatable bonds is 46. The largest absolute Gasteiger partial charge is 0.460 e. The zero-order chi connectivity index (χ0) is 69.6. The number of esters is 6. The fraction of sp³-hybridized carbons (Fsp3) is 0.609. The molecule has 0 unspecified atom stereocenters. The second-order valence-electron chi connectivity index (χ2n) is 17.5. The third-order valence-corrected chi connectivity index (χ3v) is 9.79. The second kappa shape index (κ2) is 33.4. The average molecular weight is 1360 g/mol. The van der Waals surface area contributed by atoms with E-state index in [9.17, 15) is 81.5 Å². The fourth-order valence-electron chi connectivity index (χ4n) is 5.43. The molecule has 0 aliphatic rings. The number of hydrogen-bond acceptors (Lipinski definition) is 19. The van der Waals surface area contributed by atoms with Gasteiger partial charge in [-0.15, -0.1) is 0 Å². The zero-order valence-corrected chi connectivity index (χ0v) is 44.6. The molecule has 0 aliphatic heterocycles. The lowest BCUT2D eigenvalue weighted by molar-refractivity contribution is -0.498. The highest BCUT2D eigenvalue weighted by molar-refractivity contribution is 5.87. The molecule has 0 atom stereocenters. The molecule has 0 saturated heterocycles. The first-order valence-corrected chi connectivity index (χ1v) is 23.1. The van der Waals surface area contributed by atoms with Crippen LogP contribution in [0.1, 0.15) is 19.3 Å². The van der Waals surface area contributed by atoms with Crippen LogP contribution < -0.4 is 0 Å². The molecule has 0 rings (SSSR count). The van der Waals surface area contributed by atoms with Gasteiger partial charge in [0.05, 0.1) is 52.3 Å². The van der Waals surface area contributed by atoms with Crippen molar-refractivity contribution in [2.45, 2.75) is 73.7 Å². The molecular weight excluding hydrogens is 1310 g/mol. The minimum atomic E-state index is -7.14. The molecule has 0 spiro atoms. The van der Waals surface area contributed by atoms with Crippen LogP contribution in [0.4, 0.5) is 105 Å². The van der Waals surface area contributed by atoms with Gasteiger partial charge in [0.2, 0.25) is 35.0 Å². The first kappa shape index (κ1) is 82.3. The van der Waals surface area contributed by atoms with Crippen LogP contribution in [-0.2, 0) is 90.3 Å². The molecule has 0 radical (unpaired) electrons. The fourth-order valence-corrected chi connectivity index (χ4v) is 5.43. The van der Waals surface area contributed by atoms with Gasteiger partial charge in [-0.3, -0.25) is 14.2 Å². The molecule has 0 aliphatic carbocycles. The maximum absolute atomic E-state index is 16.8. The Labute approximate surface area is 482 Å². The molecule has 0 N–H and O–H groups in total. The Bertz CT molecular complexity index is 2420. The second-order valence-corrected chi connectivity index (χ2v) is 17.5. The monoisotopic (exact) mass is 1360 g/mol. The summed E-state index contributed by atoms with van der Waals surface area (Å²) in [6, 6.07) is 0. The van der Waals surface area contributed by atoms with Crippen molar-refractivity contribution in [2.75, 3.05) is 92.5 Å². The highest BCUT2D eigenvalue weighted by Crippen LogP contribution is 2.55. The van der Waals surface area contributed by atoms with Crippen LogP contribution >= 0.6 is 0 Å². The average Bonchev–Trinajstić information content (AvgIpc) is 0.823. The number of halogens is 24. The van der Waals surface area contributed by atoms with E-state index in [2.05, 4.69) is 101 Å². The lowest BCUT2D eigenvalue weighted by Gasteiger charge is -2.46. The SMILES string of the molecule is C=C(F)C(=O)OCCC(F)(F)OC(F)(F)C(COCC(F)(F)COC(=O)C(=C)F)(COCC(F)(F)COC(=O)C(=C)F)COCC(COCC(F)(F)COC(=O)C(=C)F)(C(F)(F)OC(F)(F)CCOC(=O)C(=C)F)C(F)(F)OC(F)(F)CCOC(=O)C(=C)F. The van der Waals surface area contributed by atoms with E-state index in [4.69, 9.17) is 0 Å². The smallest absolute Gasteiger partial charge is 0.378 e. The number of carbonyl (C=O) groups excluding carboxylic acids is 6. The molecule has 0 aromatic carbocycles. The molecule has 43 heteroatoms. The van der Waals surface area contributed by atoms with Gasteiger partial charge in [0.1, 0.15) is 45.1 Å². The number of hydrogen-bond donors (Lipinski definition) is 0. The van der Waals surface area contributed by atoms with Crippen molar-refractivity contribution >= 4 is 35.8 Å². The van der Waals surface area contributed by atoms with Crippen LogP contribution in [0.3, 0.4) is 0 Å². The molecule has 19 nitrogen and oxygen atoms in total. The first-order chi connectivity index (χ1) is 40.2. The van der Waals surface area contributed by atoms with Gasteiger partial charge in [-0.1, -0.05) is 39.5 Å². The van der Waals surface area contributed by atoms with E-state index in [1.54, 1.807) is 0 Å². The van der Waals surface area contributed by atoms with Gasteiger partial charge < -0.3 is 47.4 Å². The summed E-state index contributed by atoms with van der Waals surface area (Å²) in [7, 11) is 0. The van der Waals surface area contributed by atoms with Crippen LogP contribution in [0, 0.1) is 10.8 Å². The predicted molar refractivity (Wildman–Crippen MR) is 237 cm³/mol. The summed E-state index contributed by atoms with van der Waals surface area (Å²) in [4.78, 5) is 68.5. The van der Waals surface area contributed by atoms with Gasteiger partial charge in [-0.25, -0.2) is 55.1 Å². The van der Waals surface area contributed by atoms with Crippen LogP contribution in [-0.4, -0.2) is 183 Å². The van der Waals surface area contributed by atoms with E-state index in [0.717, 1.165) is 0 Å². The van der Waals surface area contributed by atoms with E-state index in [1.165, 1.54) is 0 Å². The van der Waals surface area contributed by atoms with E-state index in [0.29, 0.717) is 0 Å². The summed E-state index contributed by atoms with van der Waals surface area (Å²) in [6.07, 6.45) is -46.3. The van der Waals surface area contributed by atoms with E-state index >= 15 is 52.7 Å². The summed E-state index contributed by atoms with van der Waals surface area (Å²) in [5.41, 5.74) is -11.2. The molecule has 0 bridgehead atoms. The van der Waals surface area contributed by atoms with Gasteiger partial charge in [-0.05, 0) is 0 Å². The molecule has 0 aromatic heterocycles. The van der Waals surface area contributed by atoms with Crippen LogP contribution in [0.2, 0.25) is 0 Å². The highest BCUT2D eigenvalue weighted by atomic mass is 19.3. The van der Waals surface area contributed by atoms with Crippen molar-refractivity contribution in [3.8, 4) is 0 Å². The normalized spacial score (nSPS) is 13.2. The molecule has 0 aromatic rings. The molecule has 89 heavy (non-hydrogen) atoms. The summed E-state index contributed by atoms with van der Waals surface area (Å²) in [5, 5.41) is 0. The Morgan fingerprint density at radius 3 is 0.708 bits per heavy atom. The van der Waals surface area contributed by atoms with Gasteiger partial charge in [-0.2, -0.15) is 79.0 Å². The minimum Gasteiger partial charge on any atom is -0.460 e. The Kier molecular flexibility index (Phi) is 30.9. The van der Waals surface area contributed by atoms with Crippen LogP contribution in [0.15, 0.2) is 74.4 Å². The van der Waals surface area contributed by atoms with Crippen LogP contribution in [0.5, 0.6) is 0 Å². The third kappa shape index (κ3) is 28.8. The number of ether oxygens (including phenoxy) is 13. The van der Waals surface area contributed by atoms with Gasteiger partial charge >= 0.3 is 90.2 Å². The predicted octanol–water partition coefficient (Wildman–Crippen LogP) is 9.87. The van der Waals surface area contributed by atoms with Crippen molar-refractivity contribution in [2.24, 2.45) is 10.8 Å². The highest BCUT2D eigenvalue weighted by Gasteiger charge is 2.75. The molecule has 0 fully saturated rings. The molecule has 0 saturated carbocycles. The summed E-state index contributed by atoms with van der Waals surface area (Å²) >= 11 is 0. The third-order valence-electron chi connectivity index (χ3n) is 9.79. The zero-order valence-electron chi connectivity index (χ0n) is 44.6. The lowest BCUT2D eigenvalue weighted by atomic mass is 9.85. The Balaban J connectivity index is 8.83. The van der Waals surface area contributed by atoms with Crippen molar-refractivity contribution in [1.82, 2.24) is 0 Å². The van der Waals surface area contributed by atoms with E-state index < -0.39 is 248 Å². The van der Waals surface area contributed by atoms with Crippen molar-refractivity contribution < 1.29 is 196 Å². The number of alkyl halides is 18. The van der Waals surface area contributed by atoms with Crippen molar-refractivity contribution in [3.63, 3.8) is 0 Å². The van der Waals surface area contributed by atoms with Crippen molar-refractivity contribution in [1.29, 1.82) is 0 Å². The molecular formula is C46H46F24O19. The minimum absolute atomic E-state index is 1.95. The summed E-state index contributed by atoms with van der Waals surface area (Å²) in [5.74, 6) is -41.4. The maximum atomic E-state index is 16.8. The first-order valence-electron chi connectivity index (χ1n) is 23.1. The van der Waals surface area contributed by atoms with Gasteiger partial charge in [0, 0.05) is 0 Å². The maximum Gasteiger partial charge on any atom is 0.378 e. The van der Waals surface area contributed by atoms with Gasteiger partial charge in [0.15, 0.2) is 25.2 Å².